The van der Waals surface area contributed by atoms with E-state index in [0.717, 1.165) is 0 Å². The van der Waals surface area contributed by atoms with Gasteiger partial charge in [-0.3, -0.25) is 19.3 Å². The van der Waals surface area contributed by atoms with E-state index in [2.05, 4.69) is 4.74 Å². The summed E-state index contributed by atoms with van der Waals surface area (Å²) in [7, 11) is 1.35. The smallest absolute Gasteiger partial charge is 0.307 e. The Hall–Kier alpha value is -2.45. The first-order valence-electron chi connectivity index (χ1n) is 12.7. The van der Waals surface area contributed by atoms with Gasteiger partial charge in [-0.05, 0) is 12.1 Å². The maximum Gasteiger partial charge on any atom is 0.307 e. The molecule has 214 valence electrons. The van der Waals surface area contributed by atoms with Crippen LogP contribution in [0.3, 0.4) is 0 Å². The number of ether oxygens (including phenoxy) is 8. The van der Waals surface area contributed by atoms with Gasteiger partial charge in [-0.15, -0.1) is 0 Å². The molecule has 38 heavy (non-hydrogen) atoms. The van der Waals surface area contributed by atoms with Crippen molar-refractivity contribution in [2.24, 2.45) is 0 Å². The lowest BCUT2D eigenvalue weighted by molar-refractivity contribution is -0.141. The summed E-state index contributed by atoms with van der Waals surface area (Å²) < 4.78 is 42.3. The van der Waals surface area contributed by atoms with E-state index >= 15 is 0 Å². The SMILES string of the molecule is COC(=O)CCOCCOCCOCCOCCOCCOCCOCCN1C(=O)c2ccccc2C1=O. The number of fused-ring (bicyclic) bond motifs is 1. The van der Waals surface area contributed by atoms with Gasteiger partial charge in [-0.2, -0.15) is 0 Å². The predicted octanol–water partition coefficient (Wildman–Crippen LogP) is 0.962. The summed E-state index contributed by atoms with van der Waals surface area (Å²) in [5.74, 6) is -0.853. The summed E-state index contributed by atoms with van der Waals surface area (Å²) in [6, 6.07) is 6.80. The third kappa shape index (κ3) is 12.9. The average molecular weight is 542 g/mol. The minimum absolute atomic E-state index is 0.213. The molecule has 12 nitrogen and oxygen atoms in total. The molecule has 0 spiro atoms. The number of hydrogen-bond acceptors (Lipinski definition) is 11. The van der Waals surface area contributed by atoms with Gasteiger partial charge in [-0.25, -0.2) is 0 Å². The molecule has 1 aliphatic heterocycles. The quantitative estimate of drug-likeness (QED) is 0.105. The molecule has 1 aliphatic rings. The zero-order chi connectivity index (χ0) is 27.3. The highest BCUT2D eigenvalue weighted by molar-refractivity contribution is 6.21. The normalized spacial score (nSPS) is 12.8. The van der Waals surface area contributed by atoms with Crippen LogP contribution in [0.5, 0.6) is 0 Å². The van der Waals surface area contributed by atoms with Crippen molar-refractivity contribution >= 4 is 17.8 Å². The summed E-state index contributed by atoms with van der Waals surface area (Å²) in [6.45, 7) is 6.06. The molecular weight excluding hydrogens is 502 g/mol. The van der Waals surface area contributed by atoms with Gasteiger partial charge in [0.05, 0.1) is 124 Å². The lowest BCUT2D eigenvalue weighted by Gasteiger charge is -2.13. The molecule has 1 heterocycles. The van der Waals surface area contributed by atoms with Crippen LogP contribution in [-0.4, -0.2) is 129 Å². The first kappa shape index (κ1) is 31.8. The molecule has 1 aromatic carbocycles. The Kier molecular flexibility index (Phi) is 17.1. The number of amides is 2. The van der Waals surface area contributed by atoms with Gasteiger partial charge in [0.25, 0.3) is 11.8 Å². The van der Waals surface area contributed by atoms with Gasteiger partial charge in [0.2, 0.25) is 0 Å². The second kappa shape index (κ2) is 20.5. The van der Waals surface area contributed by atoms with Crippen LogP contribution >= 0.6 is 0 Å². The van der Waals surface area contributed by atoms with Crippen LogP contribution in [-0.2, 0) is 42.7 Å². The van der Waals surface area contributed by atoms with E-state index < -0.39 is 0 Å². The Morgan fingerprint density at radius 1 is 0.579 bits per heavy atom. The molecule has 0 aromatic heterocycles. The van der Waals surface area contributed by atoms with Crippen molar-refractivity contribution in [3.8, 4) is 0 Å². The molecule has 0 atom stereocenters. The van der Waals surface area contributed by atoms with Crippen LogP contribution in [0.1, 0.15) is 27.1 Å². The second-order valence-electron chi connectivity index (χ2n) is 7.92. The van der Waals surface area contributed by atoms with E-state index in [1.165, 1.54) is 12.0 Å². The Balaban J connectivity index is 1.25. The first-order valence-corrected chi connectivity index (χ1v) is 12.7. The van der Waals surface area contributed by atoms with E-state index in [4.69, 9.17) is 33.2 Å². The van der Waals surface area contributed by atoms with E-state index in [1.54, 1.807) is 24.3 Å². The van der Waals surface area contributed by atoms with E-state index in [0.29, 0.717) is 97.0 Å². The molecule has 0 unspecified atom stereocenters. The standard InChI is InChI=1S/C26H39NO11/c1-31-24(28)6-8-32-10-12-34-14-16-36-18-20-38-21-19-37-17-15-35-13-11-33-9-7-27-25(29)22-4-2-3-5-23(22)26(27)30/h2-5H,6-21H2,1H3. The fourth-order valence-electron chi connectivity index (χ4n) is 3.28. The van der Waals surface area contributed by atoms with Crippen LogP contribution in [0.25, 0.3) is 0 Å². The Morgan fingerprint density at radius 3 is 1.29 bits per heavy atom. The van der Waals surface area contributed by atoms with Crippen molar-refractivity contribution in [2.45, 2.75) is 6.42 Å². The molecule has 0 aliphatic carbocycles. The number of rotatable bonds is 24. The zero-order valence-electron chi connectivity index (χ0n) is 22.1. The highest BCUT2D eigenvalue weighted by atomic mass is 16.6. The fourth-order valence-corrected chi connectivity index (χ4v) is 3.28. The van der Waals surface area contributed by atoms with Crippen molar-refractivity contribution in [1.29, 1.82) is 0 Å². The molecule has 2 amide bonds. The van der Waals surface area contributed by atoms with Crippen LogP contribution in [0.2, 0.25) is 0 Å². The monoisotopic (exact) mass is 541 g/mol. The van der Waals surface area contributed by atoms with E-state index in [-0.39, 0.29) is 37.4 Å². The molecule has 0 saturated carbocycles. The third-order valence-electron chi connectivity index (χ3n) is 5.25. The van der Waals surface area contributed by atoms with Crippen molar-refractivity contribution in [3.05, 3.63) is 35.4 Å². The average Bonchev–Trinajstić information content (AvgIpc) is 3.18. The number of imide groups is 1. The van der Waals surface area contributed by atoms with Crippen molar-refractivity contribution < 1.29 is 52.3 Å². The van der Waals surface area contributed by atoms with Crippen LogP contribution < -0.4 is 0 Å². The van der Waals surface area contributed by atoms with Gasteiger partial charge in [0, 0.05) is 0 Å². The number of methoxy groups -OCH3 is 1. The van der Waals surface area contributed by atoms with Crippen molar-refractivity contribution in [1.82, 2.24) is 4.90 Å². The van der Waals surface area contributed by atoms with Gasteiger partial charge >= 0.3 is 5.97 Å². The van der Waals surface area contributed by atoms with Gasteiger partial charge in [-0.1, -0.05) is 12.1 Å². The summed E-state index contributed by atoms with van der Waals surface area (Å²) in [6.07, 6.45) is 0.237. The summed E-state index contributed by atoms with van der Waals surface area (Å²) in [4.78, 5) is 36.6. The minimum atomic E-state index is -0.293. The van der Waals surface area contributed by atoms with Crippen molar-refractivity contribution in [2.75, 3.05) is 106 Å². The van der Waals surface area contributed by atoms with Crippen molar-refractivity contribution in [3.63, 3.8) is 0 Å². The predicted molar refractivity (Wildman–Crippen MR) is 134 cm³/mol. The lowest BCUT2D eigenvalue weighted by Crippen LogP contribution is -2.33. The number of nitrogens with zero attached hydrogens (tertiary/aromatic N) is 1. The number of carbonyl (C=O) groups is 3. The number of hydrogen-bond donors (Lipinski definition) is 0. The Labute approximate surface area is 223 Å². The van der Waals surface area contributed by atoms with Crippen LogP contribution in [0.4, 0.5) is 0 Å². The van der Waals surface area contributed by atoms with Gasteiger partial charge < -0.3 is 37.9 Å². The topological polar surface area (TPSA) is 128 Å². The molecule has 0 N–H and O–H groups in total. The molecule has 0 fully saturated rings. The summed E-state index contributed by atoms with van der Waals surface area (Å²) >= 11 is 0. The summed E-state index contributed by atoms with van der Waals surface area (Å²) in [5.41, 5.74) is 0.879. The Bertz CT molecular complexity index is 785. The highest BCUT2D eigenvalue weighted by Gasteiger charge is 2.34. The minimum Gasteiger partial charge on any atom is -0.469 e. The van der Waals surface area contributed by atoms with E-state index in [1.807, 2.05) is 0 Å². The van der Waals surface area contributed by atoms with Crippen LogP contribution in [0, 0.1) is 0 Å². The molecule has 1 aromatic rings. The summed E-state index contributed by atoms with van der Waals surface area (Å²) in [5, 5.41) is 0. The first-order chi connectivity index (χ1) is 18.6. The number of carbonyl (C=O) groups excluding carboxylic acids is 3. The zero-order valence-corrected chi connectivity index (χ0v) is 22.1. The second-order valence-corrected chi connectivity index (χ2v) is 7.92. The molecule has 0 radical (unpaired) electrons. The largest absolute Gasteiger partial charge is 0.469 e. The maximum absolute atomic E-state index is 12.3. The third-order valence-corrected chi connectivity index (χ3v) is 5.25. The lowest BCUT2D eigenvalue weighted by atomic mass is 10.1. The fraction of sp³-hybridized carbons (Fsp3) is 0.654. The van der Waals surface area contributed by atoms with Gasteiger partial charge in [0.15, 0.2) is 0 Å². The molecule has 0 saturated heterocycles. The molecular formula is C26H39NO11. The van der Waals surface area contributed by atoms with E-state index in [9.17, 15) is 14.4 Å². The van der Waals surface area contributed by atoms with Crippen LogP contribution in [0.15, 0.2) is 24.3 Å². The number of esters is 1. The Morgan fingerprint density at radius 2 is 0.921 bits per heavy atom. The molecule has 12 heteroatoms. The molecule has 2 rings (SSSR count). The molecule has 0 bridgehead atoms. The highest BCUT2D eigenvalue weighted by Crippen LogP contribution is 2.21. The maximum atomic E-state index is 12.3. The van der Waals surface area contributed by atoms with Gasteiger partial charge in [0.1, 0.15) is 0 Å². The number of benzene rings is 1.